The number of benzene rings is 1. The summed E-state index contributed by atoms with van der Waals surface area (Å²) in [5.41, 5.74) is 0.427. The normalized spacial score (nSPS) is 8.19. The van der Waals surface area contributed by atoms with E-state index in [9.17, 15) is 14.7 Å². The minimum atomic E-state index is -1.37. The zero-order valence-corrected chi connectivity index (χ0v) is 13.0. The second-order valence-electron chi connectivity index (χ2n) is 2.68. The molecule has 0 bridgehead atoms. The fraction of sp³-hybridized carbons (Fsp3) is 0.273. The van der Waals surface area contributed by atoms with Gasteiger partial charge in [0.1, 0.15) is 0 Å². The summed E-state index contributed by atoms with van der Waals surface area (Å²) in [5.74, 6) is -2.52. The molecule has 1 N–H and O–H groups in total. The van der Waals surface area contributed by atoms with Crippen molar-refractivity contribution in [1.29, 1.82) is 0 Å². The average molecular weight is 248 g/mol. The maximum absolute atomic E-state index is 10.5. The SMILES string of the molecule is CC.Cc1cc(C(=O)[O-])cc(C(=O)O)c1.[K+]. The maximum atomic E-state index is 10.5. The van der Waals surface area contributed by atoms with Gasteiger partial charge in [-0.2, -0.15) is 0 Å². The van der Waals surface area contributed by atoms with Crippen LogP contribution in [0.4, 0.5) is 0 Å². The van der Waals surface area contributed by atoms with Gasteiger partial charge in [0, 0.05) is 0 Å². The van der Waals surface area contributed by atoms with E-state index in [0.29, 0.717) is 5.56 Å². The van der Waals surface area contributed by atoms with Crippen molar-refractivity contribution in [3.8, 4) is 0 Å². The van der Waals surface area contributed by atoms with Crippen LogP contribution in [0.1, 0.15) is 40.1 Å². The van der Waals surface area contributed by atoms with Gasteiger partial charge >= 0.3 is 57.4 Å². The zero-order chi connectivity index (χ0) is 12.0. The van der Waals surface area contributed by atoms with Crippen molar-refractivity contribution in [3.63, 3.8) is 0 Å². The molecule has 0 fully saturated rings. The quantitative estimate of drug-likeness (QED) is 0.619. The molecule has 0 aliphatic carbocycles. The maximum Gasteiger partial charge on any atom is 1.00 e. The molecule has 0 unspecified atom stereocenters. The number of aromatic carboxylic acids is 2. The summed E-state index contributed by atoms with van der Waals surface area (Å²) >= 11 is 0. The van der Waals surface area contributed by atoms with Gasteiger partial charge in [0.15, 0.2) is 0 Å². The number of aryl methyl sites for hydroxylation is 1. The summed E-state index contributed by atoms with van der Waals surface area (Å²) < 4.78 is 0. The monoisotopic (exact) mass is 248 g/mol. The van der Waals surface area contributed by atoms with E-state index in [4.69, 9.17) is 5.11 Å². The van der Waals surface area contributed by atoms with Gasteiger partial charge < -0.3 is 15.0 Å². The molecular weight excluding hydrogens is 235 g/mol. The number of carbonyl (C=O) groups excluding carboxylic acids is 1. The summed E-state index contributed by atoms with van der Waals surface area (Å²) in [6.07, 6.45) is 0. The van der Waals surface area contributed by atoms with Gasteiger partial charge in [0.05, 0.1) is 11.5 Å². The second-order valence-corrected chi connectivity index (χ2v) is 2.68. The third-order valence-electron chi connectivity index (χ3n) is 1.56. The Kier molecular flexibility index (Phi) is 10.1. The van der Waals surface area contributed by atoms with Crippen LogP contribution < -0.4 is 56.5 Å². The van der Waals surface area contributed by atoms with Gasteiger partial charge in [-0.25, -0.2) is 4.79 Å². The Labute approximate surface area is 137 Å². The standard InChI is InChI=1S/C9H8O4.C2H6.K/c1-5-2-6(8(10)11)4-7(3-5)9(12)13;1-2;/h2-4H,1H3,(H,10,11)(H,12,13);1-2H3;/q;;+1/p-1. The summed E-state index contributed by atoms with van der Waals surface area (Å²) in [6, 6.07) is 3.83. The molecule has 16 heavy (non-hydrogen) atoms. The van der Waals surface area contributed by atoms with E-state index in [1.807, 2.05) is 13.8 Å². The van der Waals surface area contributed by atoms with Crippen LogP contribution >= 0.6 is 0 Å². The first kappa shape index (κ1) is 18.2. The van der Waals surface area contributed by atoms with Crippen LogP contribution in [-0.4, -0.2) is 17.0 Å². The molecule has 1 rings (SSSR count). The third kappa shape index (κ3) is 5.76. The molecule has 0 radical (unpaired) electrons. The summed E-state index contributed by atoms with van der Waals surface area (Å²) in [7, 11) is 0. The molecule has 0 aromatic heterocycles. The Bertz CT molecular complexity index is 342. The Morgan fingerprint density at radius 2 is 1.56 bits per heavy atom. The van der Waals surface area contributed by atoms with Gasteiger partial charge in [0.2, 0.25) is 0 Å². The van der Waals surface area contributed by atoms with Crippen molar-refractivity contribution >= 4 is 11.9 Å². The van der Waals surface area contributed by atoms with E-state index < -0.39 is 11.9 Å². The van der Waals surface area contributed by atoms with E-state index in [1.165, 1.54) is 12.1 Å². The van der Waals surface area contributed by atoms with Crippen molar-refractivity contribution in [3.05, 3.63) is 34.9 Å². The van der Waals surface area contributed by atoms with Gasteiger partial charge in [-0.3, -0.25) is 0 Å². The number of hydrogen-bond acceptors (Lipinski definition) is 3. The molecule has 1 aromatic carbocycles. The van der Waals surface area contributed by atoms with Crippen molar-refractivity contribution < 1.29 is 71.2 Å². The van der Waals surface area contributed by atoms with E-state index in [1.54, 1.807) is 6.92 Å². The van der Waals surface area contributed by atoms with Crippen molar-refractivity contribution in [2.24, 2.45) is 0 Å². The first-order chi connectivity index (χ1) is 7.00. The number of carboxylic acids is 2. The predicted octanol–water partition coefficient (Wildman–Crippen LogP) is -1.91. The van der Waals surface area contributed by atoms with E-state index in [0.717, 1.165) is 6.07 Å². The molecule has 4 nitrogen and oxygen atoms in total. The summed E-state index contributed by atoms with van der Waals surface area (Å²) in [5, 5.41) is 19.0. The van der Waals surface area contributed by atoms with Crippen molar-refractivity contribution in [1.82, 2.24) is 0 Å². The van der Waals surface area contributed by atoms with Gasteiger partial charge in [0.25, 0.3) is 0 Å². The van der Waals surface area contributed by atoms with Crippen LogP contribution in [-0.2, 0) is 0 Å². The number of rotatable bonds is 2. The minimum absolute atomic E-state index is 0. The summed E-state index contributed by atoms with van der Waals surface area (Å²) in [4.78, 5) is 20.9. The molecule has 0 heterocycles. The Hall–Kier alpha value is -0.204. The van der Waals surface area contributed by atoms with Crippen LogP contribution in [0.15, 0.2) is 18.2 Å². The van der Waals surface area contributed by atoms with Gasteiger partial charge in [-0.1, -0.05) is 19.9 Å². The molecule has 0 aliphatic rings. The smallest absolute Gasteiger partial charge is 0.545 e. The van der Waals surface area contributed by atoms with E-state index in [-0.39, 0.29) is 62.5 Å². The van der Waals surface area contributed by atoms with Crippen molar-refractivity contribution in [2.75, 3.05) is 0 Å². The molecule has 0 spiro atoms. The molecule has 0 saturated heterocycles. The first-order valence-corrected chi connectivity index (χ1v) is 4.57. The van der Waals surface area contributed by atoms with Crippen LogP contribution in [0.3, 0.4) is 0 Å². The largest absolute Gasteiger partial charge is 1.00 e. The number of hydrogen-bond donors (Lipinski definition) is 1. The molecule has 0 atom stereocenters. The van der Waals surface area contributed by atoms with Crippen LogP contribution in [0.25, 0.3) is 0 Å². The Balaban J connectivity index is 0. The summed E-state index contributed by atoms with van der Waals surface area (Å²) in [6.45, 7) is 5.62. The Morgan fingerprint density at radius 1 is 1.12 bits per heavy atom. The second kappa shape index (κ2) is 8.89. The van der Waals surface area contributed by atoms with Crippen LogP contribution in [0.5, 0.6) is 0 Å². The van der Waals surface area contributed by atoms with Crippen LogP contribution in [0, 0.1) is 6.92 Å². The molecule has 82 valence electrons. The molecule has 0 aliphatic heterocycles. The minimum Gasteiger partial charge on any atom is -0.545 e. The number of carboxylic acid groups (broad SMARTS) is 2. The van der Waals surface area contributed by atoms with Crippen molar-refractivity contribution in [2.45, 2.75) is 20.8 Å². The van der Waals surface area contributed by atoms with E-state index in [2.05, 4.69) is 0 Å². The first-order valence-electron chi connectivity index (χ1n) is 4.57. The van der Waals surface area contributed by atoms with Crippen LogP contribution in [0.2, 0.25) is 0 Å². The fourth-order valence-electron chi connectivity index (χ4n) is 1.02. The molecular formula is C11H13KO4. The molecule has 0 amide bonds. The fourth-order valence-corrected chi connectivity index (χ4v) is 1.02. The third-order valence-corrected chi connectivity index (χ3v) is 1.56. The molecule has 5 heteroatoms. The number of carbonyl (C=O) groups is 2. The Morgan fingerprint density at radius 3 is 1.94 bits per heavy atom. The molecule has 0 saturated carbocycles. The predicted molar refractivity (Wildman–Crippen MR) is 53.8 cm³/mol. The van der Waals surface area contributed by atoms with Gasteiger partial charge in [-0.15, -0.1) is 0 Å². The molecule has 1 aromatic rings. The average Bonchev–Trinajstić information content (AvgIpc) is 2.19. The van der Waals surface area contributed by atoms with E-state index >= 15 is 0 Å². The zero-order valence-electron chi connectivity index (χ0n) is 9.90. The van der Waals surface area contributed by atoms with Gasteiger partial charge in [-0.05, 0) is 30.2 Å². The topological polar surface area (TPSA) is 77.4 Å².